The van der Waals surface area contributed by atoms with Crippen molar-refractivity contribution in [1.29, 1.82) is 0 Å². The van der Waals surface area contributed by atoms with Gasteiger partial charge in [-0.25, -0.2) is 4.79 Å². The summed E-state index contributed by atoms with van der Waals surface area (Å²) in [7, 11) is 4.11. The highest BCUT2D eigenvalue weighted by Gasteiger charge is 2.11. The lowest BCUT2D eigenvalue weighted by Crippen LogP contribution is -2.35. The van der Waals surface area contributed by atoms with E-state index in [1.807, 2.05) is 18.2 Å². The Labute approximate surface area is 125 Å². The maximum atomic E-state index is 10.8. The Morgan fingerprint density at radius 3 is 2.60 bits per heavy atom. The van der Waals surface area contributed by atoms with E-state index in [1.165, 1.54) is 4.90 Å². The molecule has 1 amide bonds. The van der Waals surface area contributed by atoms with Crippen LogP contribution in [0, 0.1) is 0 Å². The zero-order valence-electron chi connectivity index (χ0n) is 12.2. The molecule has 20 heavy (non-hydrogen) atoms. The number of hydrogen-bond acceptors (Lipinski definition) is 3. The van der Waals surface area contributed by atoms with E-state index in [0.29, 0.717) is 0 Å². The van der Waals surface area contributed by atoms with Gasteiger partial charge in [0.25, 0.3) is 0 Å². The van der Waals surface area contributed by atoms with Crippen LogP contribution in [0.4, 0.5) is 4.79 Å². The fourth-order valence-electron chi connectivity index (χ4n) is 1.90. The fourth-order valence-corrected chi connectivity index (χ4v) is 2.90. The van der Waals surface area contributed by atoms with Crippen molar-refractivity contribution in [2.45, 2.75) is 30.2 Å². The Kier molecular flexibility index (Phi) is 8.14. The number of amides is 1. The average molecular weight is 296 g/mol. The van der Waals surface area contributed by atoms with E-state index in [0.717, 1.165) is 31.6 Å². The number of carboxylic acid groups (broad SMARTS) is 1. The zero-order chi connectivity index (χ0) is 14.8. The lowest BCUT2D eigenvalue weighted by Gasteiger charge is -2.17. The maximum Gasteiger partial charge on any atom is 0.404 e. The van der Waals surface area contributed by atoms with Gasteiger partial charge in [0.2, 0.25) is 0 Å². The van der Waals surface area contributed by atoms with Crippen molar-refractivity contribution in [2.24, 2.45) is 0 Å². The number of rotatable bonds is 9. The van der Waals surface area contributed by atoms with Gasteiger partial charge in [-0.15, -0.1) is 11.8 Å². The lowest BCUT2D eigenvalue weighted by molar-refractivity contribution is 0.190. The van der Waals surface area contributed by atoms with Crippen molar-refractivity contribution in [2.75, 3.05) is 26.4 Å². The van der Waals surface area contributed by atoms with Crippen LogP contribution in [0.1, 0.15) is 19.3 Å². The number of nitrogens with zero attached hydrogens (tertiary/aromatic N) is 1. The topological polar surface area (TPSA) is 52.6 Å². The van der Waals surface area contributed by atoms with Gasteiger partial charge in [-0.05, 0) is 45.6 Å². The van der Waals surface area contributed by atoms with Crippen molar-refractivity contribution >= 4 is 17.9 Å². The molecule has 1 aromatic rings. The number of hydrogen-bond donors (Lipinski definition) is 2. The van der Waals surface area contributed by atoms with Crippen LogP contribution in [0.15, 0.2) is 35.2 Å². The molecule has 0 aliphatic rings. The number of benzene rings is 1. The van der Waals surface area contributed by atoms with Gasteiger partial charge >= 0.3 is 6.09 Å². The number of carbonyl (C=O) groups is 1. The van der Waals surface area contributed by atoms with E-state index in [4.69, 9.17) is 5.11 Å². The largest absolute Gasteiger partial charge is 0.465 e. The minimum absolute atomic E-state index is 0.0138. The Morgan fingerprint density at radius 2 is 2.00 bits per heavy atom. The van der Waals surface area contributed by atoms with E-state index < -0.39 is 6.09 Å². The van der Waals surface area contributed by atoms with Gasteiger partial charge in [-0.1, -0.05) is 24.6 Å². The molecule has 0 spiro atoms. The normalized spacial score (nSPS) is 12.3. The van der Waals surface area contributed by atoms with Crippen molar-refractivity contribution in [1.82, 2.24) is 10.2 Å². The molecule has 1 atom stereocenters. The third-order valence-electron chi connectivity index (χ3n) is 2.93. The Morgan fingerprint density at radius 1 is 1.30 bits per heavy atom. The first kappa shape index (κ1) is 16.9. The summed E-state index contributed by atoms with van der Waals surface area (Å²) in [5, 5.41) is 11.5. The highest BCUT2D eigenvalue weighted by atomic mass is 32.2. The molecule has 0 heterocycles. The minimum Gasteiger partial charge on any atom is -0.465 e. The molecule has 0 aromatic heterocycles. The summed E-state index contributed by atoms with van der Waals surface area (Å²) in [5.41, 5.74) is 0. The third-order valence-corrected chi connectivity index (χ3v) is 4.10. The second-order valence-corrected chi connectivity index (χ2v) is 6.16. The Balaban J connectivity index is 2.33. The number of thioether (sulfide) groups is 1. The molecule has 5 heteroatoms. The molecular weight excluding hydrogens is 272 g/mol. The van der Waals surface area contributed by atoms with Crippen molar-refractivity contribution in [3.8, 4) is 0 Å². The summed E-state index contributed by atoms with van der Waals surface area (Å²) in [6.07, 6.45) is 2.09. The van der Waals surface area contributed by atoms with Gasteiger partial charge in [0.05, 0.1) is 0 Å². The molecule has 4 nitrogen and oxygen atoms in total. The summed E-state index contributed by atoms with van der Waals surface area (Å²) in [6.45, 7) is 1.05. The molecular formula is C15H24N2O2S. The minimum atomic E-state index is -0.934. The summed E-state index contributed by atoms with van der Waals surface area (Å²) in [4.78, 5) is 14.2. The summed E-state index contributed by atoms with van der Waals surface area (Å²) in [5.74, 6) is 0.776. The van der Waals surface area contributed by atoms with Crippen LogP contribution in [0.2, 0.25) is 0 Å². The lowest BCUT2D eigenvalue weighted by atomic mass is 10.1. The first-order valence-corrected chi connectivity index (χ1v) is 7.88. The molecule has 0 fully saturated rings. The van der Waals surface area contributed by atoms with Crippen LogP contribution in [-0.2, 0) is 0 Å². The first-order chi connectivity index (χ1) is 9.58. The summed E-state index contributed by atoms with van der Waals surface area (Å²) >= 11 is 1.70. The second-order valence-electron chi connectivity index (χ2n) is 5.07. The standard InChI is InChI=1S/C15H24N2O2S/c1-17(2)11-7-6-8-13(16-15(18)19)12-20-14-9-4-3-5-10-14/h3-5,9-10,13,16H,6-8,11-12H2,1-2H3,(H,18,19). The highest BCUT2D eigenvalue weighted by Crippen LogP contribution is 2.19. The van der Waals surface area contributed by atoms with Crippen LogP contribution in [0.25, 0.3) is 0 Å². The molecule has 112 valence electrons. The van der Waals surface area contributed by atoms with E-state index >= 15 is 0 Å². The summed E-state index contributed by atoms with van der Waals surface area (Å²) < 4.78 is 0. The predicted molar refractivity (Wildman–Crippen MR) is 84.5 cm³/mol. The van der Waals surface area contributed by atoms with Crippen LogP contribution < -0.4 is 5.32 Å². The average Bonchev–Trinajstić information content (AvgIpc) is 2.41. The molecule has 0 saturated carbocycles. The van der Waals surface area contributed by atoms with Gasteiger partial charge in [-0.2, -0.15) is 0 Å². The molecule has 1 aromatic carbocycles. The quantitative estimate of drug-likeness (QED) is 0.543. The molecule has 0 bridgehead atoms. The van der Waals surface area contributed by atoms with Gasteiger partial charge in [0, 0.05) is 16.7 Å². The second kappa shape index (κ2) is 9.66. The van der Waals surface area contributed by atoms with Gasteiger partial charge in [0.1, 0.15) is 0 Å². The predicted octanol–water partition coefficient (Wildman–Crippen LogP) is 3.15. The summed E-state index contributed by atoms with van der Waals surface area (Å²) in [6, 6.07) is 10.1. The molecule has 0 saturated heterocycles. The SMILES string of the molecule is CN(C)CCCCC(CSc1ccccc1)NC(=O)O. The van der Waals surface area contributed by atoms with Crippen molar-refractivity contribution in [3.05, 3.63) is 30.3 Å². The van der Waals surface area contributed by atoms with Gasteiger partial charge < -0.3 is 15.3 Å². The monoisotopic (exact) mass is 296 g/mol. The van der Waals surface area contributed by atoms with Crippen molar-refractivity contribution < 1.29 is 9.90 Å². The van der Waals surface area contributed by atoms with E-state index in [1.54, 1.807) is 11.8 Å². The molecule has 1 rings (SSSR count). The van der Waals surface area contributed by atoms with Crippen LogP contribution in [0.3, 0.4) is 0 Å². The third kappa shape index (κ3) is 8.07. The zero-order valence-corrected chi connectivity index (χ0v) is 13.0. The van der Waals surface area contributed by atoms with Crippen LogP contribution in [-0.4, -0.2) is 48.5 Å². The Bertz CT molecular complexity index is 385. The van der Waals surface area contributed by atoms with Gasteiger partial charge in [0.15, 0.2) is 0 Å². The molecule has 1 unspecified atom stereocenters. The smallest absolute Gasteiger partial charge is 0.404 e. The van der Waals surface area contributed by atoms with Gasteiger partial charge in [-0.3, -0.25) is 0 Å². The van der Waals surface area contributed by atoms with Crippen LogP contribution >= 0.6 is 11.8 Å². The van der Waals surface area contributed by atoms with E-state index in [2.05, 4.69) is 36.4 Å². The number of unbranched alkanes of at least 4 members (excludes halogenated alkanes) is 1. The first-order valence-electron chi connectivity index (χ1n) is 6.90. The van der Waals surface area contributed by atoms with Crippen molar-refractivity contribution in [3.63, 3.8) is 0 Å². The number of nitrogens with one attached hydrogen (secondary N) is 1. The molecule has 0 radical (unpaired) electrons. The highest BCUT2D eigenvalue weighted by molar-refractivity contribution is 7.99. The Hall–Kier alpha value is -1.20. The van der Waals surface area contributed by atoms with E-state index in [-0.39, 0.29) is 6.04 Å². The van der Waals surface area contributed by atoms with E-state index in [9.17, 15) is 4.79 Å². The molecule has 0 aliphatic heterocycles. The molecule has 2 N–H and O–H groups in total. The maximum absolute atomic E-state index is 10.8. The van der Waals surface area contributed by atoms with Crippen LogP contribution in [0.5, 0.6) is 0 Å². The fraction of sp³-hybridized carbons (Fsp3) is 0.533. The molecule has 0 aliphatic carbocycles.